The molecular formula is C24H22N4O4. The number of para-hydroxylation sites is 1. The van der Waals surface area contributed by atoms with Crippen LogP contribution in [-0.4, -0.2) is 26.2 Å². The Kier molecular flexibility index (Phi) is 4.77. The minimum absolute atomic E-state index is 0.145. The Hall–Kier alpha value is -3.94. The Morgan fingerprint density at radius 1 is 0.875 bits per heavy atom. The minimum atomic E-state index is -0.564. The number of aromatic amines is 1. The molecule has 2 fully saturated rings. The normalized spacial score (nSPS) is 22.9. The van der Waals surface area contributed by atoms with Crippen LogP contribution in [0.2, 0.25) is 0 Å². The summed E-state index contributed by atoms with van der Waals surface area (Å²) in [6.07, 6.45) is 0.532. The van der Waals surface area contributed by atoms with Crippen molar-refractivity contribution in [1.82, 2.24) is 14.3 Å². The van der Waals surface area contributed by atoms with Crippen LogP contribution in [0.1, 0.15) is 24.4 Å². The van der Waals surface area contributed by atoms with Crippen molar-refractivity contribution in [1.29, 1.82) is 0 Å². The van der Waals surface area contributed by atoms with E-state index in [1.807, 2.05) is 36.4 Å². The average molecular weight is 430 g/mol. The van der Waals surface area contributed by atoms with E-state index >= 15 is 0 Å². The predicted molar refractivity (Wildman–Crippen MR) is 118 cm³/mol. The summed E-state index contributed by atoms with van der Waals surface area (Å²) in [6.45, 7) is 4.23. The molecule has 2 amide bonds. The van der Waals surface area contributed by atoms with E-state index in [0.29, 0.717) is 17.7 Å². The number of nitrogens with one attached hydrogen (secondary N) is 1. The largest absolute Gasteiger partial charge is 0.347 e. The van der Waals surface area contributed by atoms with Crippen molar-refractivity contribution in [2.45, 2.75) is 25.4 Å². The van der Waals surface area contributed by atoms with Gasteiger partial charge in [-0.1, -0.05) is 60.7 Å². The lowest BCUT2D eigenvalue weighted by Crippen LogP contribution is -2.36. The summed E-state index contributed by atoms with van der Waals surface area (Å²) in [7, 11) is 0. The number of hydrogen-bond acceptors (Lipinski definition) is 4. The lowest BCUT2D eigenvalue weighted by molar-refractivity contribution is -0.122. The lowest BCUT2D eigenvalue weighted by atomic mass is 9.76. The number of imide groups is 1. The molecule has 0 bridgehead atoms. The molecule has 8 nitrogen and oxygen atoms in total. The number of H-pyrrole nitrogens is 1. The zero-order valence-electron chi connectivity index (χ0n) is 17.3. The van der Waals surface area contributed by atoms with Crippen LogP contribution >= 0.6 is 0 Å². The molecule has 0 unspecified atom stereocenters. The summed E-state index contributed by atoms with van der Waals surface area (Å²) >= 11 is 0. The van der Waals surface area contributed by atoms with E-state index in [9.17, 15) is 19.2 Å². The standard InChI is InChI=1S/C24H22N4O4/c1-15-12-18-19(22(30)27(21(18)29)17-10-6-3-7-11-17)13-20(15)28-24(32)26(23(31)25-28)14-16-8-4-2-5-9-16/h2-11,18-20H,1,12-14H2,(H,25,31)/t18-,19+,20-/m0/s1. The van der Waals surface area contributed by atoms with Gasteiger partial charge in [0.1, 0.15) is 0 Å². The van der Waals surface area contributed by atoms with E-state index < -0.39 is 29.3 Å². The molecule has 3 aromatic rings. The predicted octanol–water partition coefficient (Wildman–Crippen LogP) is 2.08. The van der Waals surface area contributed by atoms with Crippen molar-refractivity contribution in [2.24, 2.45) is 11.8 Å². The number of anilines is 1. The fourth-order valence-corrected chi connectivity index (χ4v) is 4.77. The molecule has 3 atom stereocenters. The van der Waals surface area contributed by atoms with Crippen LogP contribution < -0.4 is 16.3 Å². The van der Waals surface area contributed by atoms with Crippen LogP contribution in [-0.2, 0) is 16.1 Å². The highest BCUT2D eigenvalue weighted by Crippen LogP contribution is 2.45. The fourth-order valence-electron chi connectivity index (χ4n) is 4.77. The molecule has 5 rings (SSSR count). The third kappa shape index (κ3) is 3.15. The number of carbonyl (C=O) groups is 2. The number of aromatic nitrogens is 3. The van der Waals surface area contributed by atoms with Gasteiger partial charge in [-0.3, -0.25) is 14.5 Å². The maximum absolute atomic E-state index is 13.1. The van der Waals surface area contributed by atoms with Gasteiger partial charge in [-0.15, -0.1) is 0 Å². The van der Waals surface area contributed by atoms with Crippen LogP contribution in [0.25, 0.3) is 0 Å². The Labute approximate surface area is 183 Å². The third-order valence-electron chi connectivity index (χ3n) is 6.40. The van der Waals surface area contributed by atoms with Gasteiger partial charge < -0.3 is 0 Å². The topological polar surface area (TPSA) is 97.2 Å². The number of benzene rings is 2. The van der Waals surface area contributed by atoms with Crippen molar-refractivity contribution in [3.63, 3.8) is 0 Å². The monoisotopic (exact) mass is 430 g/mol. The third-order valence-corrected chi connectivity index (χ3v) is 6.40. The van der Waals surface area contributed by atoms with E-state index in [2.05, 4.69) is 11.7 Å². The zero-order valence-corrected chi connectivity index (χ0v) is 17.3. The van der Waals surface area contributed by atoms with Gasteiger partial charge in [-0.25, -0.2) is 23.9 Å². The van der Waals surface area contributed by atoms with Crippen molar-refractivity contribution in [3.8, 4) is 0 Å². The van der Waals surface area contributed by atoms with Gasteiger partial charge in [-0.05, 0) is 30.5 Å². The van der Waals surface area contributed by atoms with Crippen LogP contribution in [0.15, 0.2) is 82.4 Å². The van der Waals surface area contributed by atoms with Crippen LogP contribution in [0, 0.1) is 11.8 Å². The summed E-state index contributed by atoms with van der Waals surface area (Å²) in [6, 6.07) is 17.5. The first-order chi connectivity index (χ1) is 15.5. The molecule has 1 aliphatic carbocycles. The summed E-state index contributed by atoms with van der Waals surface area (Å²) in [4.78, 5) is 53.0. The van der Waals surface area contributed by atoms with E-state index in [1.165, 1.54) is 9.58 Å². The van der Waals surface area contributed by atoms with Gasteiger partial charge in [-0.2, -0.15) is 0 Å². The van der Waals surface area contributed by atoms with E-state index in [0.717, 1.165) is 10.1 Å². The Morgan fingerprint density at radius 2 is 1.50 bits per heavy atom. The van der Waals surface area contributed by atoms with Crippen LogP contribution in [0.4, 0.5) is 5.69 Å². The van der Waals surface area contributed by atoms with Crippen molar-refractivity contribution in [2.75, 3.05) is 4.90 Å². The van der Waals surface area contributed by atoms with Crippen LogP contribution in [0.5, 0.6) is 0 Å². The number of allylic oxidation sites excluding steroid dienone is 1. The quantitative estimate of drug-likeness (QED) is 0.506. The number of rotatable bonds is 4. The van der Waals surface area contributed by atoms with E-state index in [-0.39, 0.29) is 24.8 Å². The first-order valence-corrected chi connectivity index (χ1v) is 10.5. The second-order valence-corrected chi connectivity index (χ2v) is 8.32. The molecule has 1 aliphatic heterocycles. The van der Waals surface area contributed by atoms with Gasteiger partial charge in [0.2, 0.25) is 11.8 Å². The first-order valence-electron chi connectivity index (χ1n) is 10.5. The molecule has 1 saturated heterocycles. The molecular weight excluding hydrogens is 408 g/mol. The highest BCUT2D eigenvalue weighted by atomic mass is 16.2. The molecule has 2 aliphatic rings. The summed E-state index contributed by atoms with van der Waals surface area (Å²) in [5, 5.41) is 2.62. The number of carbonyl (C=O) groups excluding carboxylic acids is 2. The zero-order chi connectivity index (χ0) is 22.4. The SMILES string of the molecule is C=C1C[C@@H]2C(=O)N(c3ccccc3)C(=O)[C@@H]2C[C@@H]1n1[nH]c(=O)n(Cc2ccccc2)c1=O. The van der Waals surface area contributed by atoms with Crippen LogP contribution in [0.3, 0.4) is 0 Å². The number of nitrogens with zero attached hydrogens (tertiary/aromatic N) is 3. The lowest BCUT2D eigenvalue weighted by Gasteiger charge is -2.30. The maximum Gasteiger partial charge on any atom is 0.347 e. The second kappa shape index (κ2) is 7.64. The van der Waals surface area contributed by atoms with Gasteiger partial charge >= 0.3 is 11.4 Å². The van der Waals surface area contributed by atoms with Gasteiger partial charge in [0.25, 0.3) is 0 Å². The average Bonchev–Trinajstić information content (AvgIpc) is 3.21. The molecule has 0 spiro atoms. The van der Waals surface area contributed by atoms with Crippen molar-refractivity contribution in [3.05, 3.63) is 99.3 Å². The Morgan fingerprint density at radius 3 is 2.19 bits per heavy atom. The Bertz CT molecular complexity index is 1320. The number of fused-ring (bicyclic) bond motifs is 1. The van der Waals surface area contributed by atoms with E-state index in [1.54, 1.807) is 24.3 Å². The fraction of sp³-hybridized carbons (Fsp3) is 0.250. The van der Waals surface area contributed by atoms with Crippen molar-refractivity contribution < 1.29 is 9.59 Å². The van der Waals surface area contributed by atoms with E-state index in [4.69, 9.17) is 0 Å². The molecule has 1 N–H and O–H groups in total. The minimum Gasteiger partial charge on any atom is -0.274 e. The first kappa shape index (κ1) is 20.0. The molecule has 162 valence electrons. The molecule has 32 heavy (non-hydrogen) atoms. The second-order valence-electron chi connectivity index (χ2n) is 8.32. The van der Waals surface area contributed by atoms with Gasteiger partial charge in [0, 0.05) is 0 Å². The molecule has 0 radical (unpaired) electrons. The molecule has 1 aromatic heterocycles. The number of amides is 2. The highest BCUT2D eigenvalue weighted by molar-refractivity contribution is 6.22. The molecule has 1 saturated carbocycles. The molecule has 2 aromatic carbocycles. The highest BCUT2D eigenvalue weighted by Gasteiger charge is 2.52. The maximum atomic E-state index is 13.1. The Balaban J connectivity index is 1.45. The molecule has 2 heterocycles. The summed E-state index contributed by atoms with van der Waals surface area (Å²) in [5.74, 6) is -1.58. The molecule has 8 heteroatoms. The van der Waals surface area contributed by atoms with Gasteiger partial charge in [0.15, 0.2) is 0 Å². The summed E-state index contributed by atoms with van der Waals surface area (Å²) < 4.78 is 2.39. The van der Waals surface area contributed by atoms with Crippen molar-refractivity contribution >= 4 is 17.5 Å². The summed E-state index contributed by atoms with van der Waals surface area (Å²) in [5.41, 5.74) is 1.01. The smallest absolute Gasteiger partial charge is 0.274 e. The van der Waals surface area contributed by atoms with Gasteiger partial charge in [0.05, 0.1) is 30.1 Å². The number of hydrogen-bond donors (Lipinski definition) is 1.